The zero-order valence-corrected chi connectivity index (χ0v) is 12.1. The Hall–Kier alpha value is -1.23. The van der Waals surface area contributed by atoms with Crippen LogP contribution in [0, 0.1) is 0 Å². The quantitative estimate of drug-likeness (QED) is 0.482. The molecule has 0 spiro atoms. The van der Waals surface area contributed by atoms with Crippen molar-refractivity contribution in [1.29, 1.82) is 0 Å². The van der Waals surface area contributed by atoms with Gasteiger partial charge in [0.1, 0.15) is 0 Å². The van der Waals surface area contributed by atoms with E-state index in [2.05, 4.69) is 11.9 Å². The minimum Gasteiger partial charge on any atom is -0.399 e. The van der Waals surface area contributed by atoms with E-state index in [0.29, 0.717) is 25.4 Å². The van der Waals surface area contributed by atoms with Gasteiger partial charge in [0, 0.05) is 12.2 Å². The highest BCUT2D eigenvalue weighted by Crippen LogP contribution is 2.28. The molecule has 0 aromatic heterocycles. The molecule has 1 aromatic carbocycles. The average molecular weight is 303 g/mol. The molecule has 0 radical (unpaired) electrons. The fourth-order valence-electron chi connectivity index (χ4n) is 1.35. The molecule has 1 rings (SSSR count). The van der Waals surface area contributed by atoms with E-state index < -0.39 is 0 Å². The highest BCUT2D eigenvalue weighted by Gasteiger charge is 2.13. The van der Waals surface area contributed by atoms with Crippen molar-refractivity contribution in [3.05, 3.63) is 39.9 Å². The maximum absolute atomic E-state index is 11.9. The van der Waals surface area contributed by atoms with Crippen LogP contribution in [0.1, 0.15) is 17.3 Å². The number of rotatable bonds is 6. The lowest BCUT2D eigenvalue weighted by atomic mass is 10.2. The lowest BCUT2D eigenvalue weighted by Crippen LogP contribution is -2.27. The Balaban J connectivity index is 2.52. The number of nitrogen functional groups attached to an aromatic ring is 1. The van der Waals surface area contributed by atoms with Crippen LogP contribution >= 0.6 is 23.2 Å². The molecule has 0 aliphatic rings. The summed E-state index contributed by atoms with van der Waals surface area (Å²) in [5.41, 5.74) is 7.19. The number of halogens is 2. The van der Waals surface area contributed by atoms with Gasteiger partial charge in [-0.1, -0.05) is 35.4 Å². The maximum atomic E-state index is 11.9. The lowest BCUT2D eigenvalue weighted by Gasteiger charge is -2.09. The molecule has 0 saturated carbocycles. The standard InChI is InChI=1S/C13H16Cl2N2O2/c1-8(2)7-19-4-3-17-13(18)10-5-9(16)6-11(14)12(10)15/h5-6H,1,3-4,7,16H2,2H3,(H,17,18). The molecule has 3 N–H and O–H groups in total. The number of anilines is 1. The van der Waals surface area contributed by atoms with Gasteiger partial charge < -0.3 is 15.8 Å². The van der Waals surface area contributed by atoms with Crippen LogP contribution in [0.3, 0.4) is 0 Å². The molecule has 0 bridgehead atoms. The van der Waals surface area contributed by atoms with Crippen LogP contribution in [-0.2, 0) is 4.74 Å². The van der Waals surface area contributed by atoms with Gasteiger partial charge in [-0.3, -0.25) is 4.79 Å². The number of hydrogen-bond acceptors (Lipinski definition) is 3. The van der Waals surface area contributed by atoms with E-state index in [0.717, 1.165) is 5.57 Å². The predicted octanol–water partition coefficient (Wildman–Crippen LogP) is 2.90. The molecule has 0 unspecified atom stereocenters. The Kier molecular flexibility index (Phi) is 6.15. The third-order valence-electron chi connectivity index (χ3n) is 2.18. The summed E-state index contributed by atoms with van der Waals surface area (Å²) in [5, 5.41) is 3.12. The number of benzene rings is 1. The van der Waals surface area contributed by atoms with E-state index in [1.165, 1.54) is 12.1 Å². The summed E-state index contributed by atoms with van der Waals surface area (Å²) in [4.78, 5) is 11.9. The first-order chi connectivity index (χ1) is 8.91. The van der Waals surface area contributed by atoms with Crippen LogP contribution < -0.4 is 11.1 Å². The molecular formula is C13H16Cl2N2O2. The fourth-order valence-corrected chi connectivity index (χ4v) is 1.78. The second kappa shape index (κ2) is 7.38. The van der Waals surface area contributed by atoms with Crippen molar-refractivity contribution in [1.82, 2.24) is 5.32 Å². The van der Waals surface area contributed by atoms with Crippen molar-refractivity contribution >= 4 is 34.8 Å². The summed E-state index contributed by atoms with van der Waals surface area (Å²) in [7, 11) is 0. The molecule has 0 fully saturated rings. The second-order valence-electron chi connectivity index (χ2n) is 4.13. The van der Waals surface area contributed by atoms with Crippen LogP contribution in [0.4, 0.5) is 5.69 Å². The monoisotopic (exact) mass is 302 g/mol. The number of ether oxygens (including phenoxy) is 1. The number of nitrogens with one attached hydrogen (secondary N) is 1. The first-order valence-electron chi connectivity index (χ1n) is 5.66. The minimum atomic E-state index is -0.335. The molecule has 0 aliphatic heterocycles. The number of amides is 1. The summed E-state index contributed by atoms with van der Waals surface area (Å²) >= 11 is 11.8. The van der Waals surface area contributed by atoms with E-state index in [1.807, 2.05) is 6.92 Å². The predicted molar refractivity (Wildman–Crippen MR) is 78.8 cm³/mol. The Morgan fingerprint density at radius 2 is 2.16 bits per heavy atom. The van der Waals surface area contributed by atoms with Gasteiger partial charge in [0.2, 0.25) is 0 Å². The van der Waals surface area contributed by atoms with Gasteiger partial charge in [-0.05, 0) is 19.1 Å². The number of hydrogen-bond donors (Lipinski definition) is 2. The third-order valence-corrected chi connectivity index (χ3v) is 2.98. The van der Waals surface area contributed by atoms with Gasteiger partial charge in [-0.15, -0.1) is 0 Å². The van der Waals surface area contributed by atoms with E-state index in [4.69, 9.17) is 33.7 Å². The van der Waals surface area contributed by atoms with Gasteiger partial charge in [-0.2, -0.15) is 0 Å². The Morgan fingerprint density at radius 1 is 1.47 bits per heavy atom. The number of carbonyl (C=O) groups is 1. The highest BCUT2D eigenvalue weighted by molar-refractivity contribution is 6.44. The molecule has 1 aromatic rings. The minimum absolute atomic E-state index is 0.191. The van der Waals surface area contributed by atoms with Gasteiger partial charge >= 0.3 is 0 Å². The third kappa shape index (κ3) is 5.11. The summed E-state index contributed by atoms with van der Waals surface area (Å²) < 4.78 is 5.26. The Labute approximate surface area is 122 Å². The molecule has 0 aliphatic carbocycles. The maximum Gasteiger partial charge on any atom is 0.253 e. The summed E-state index contributed by atoms with van der Waals surface area (Å²) in [5.74, 6) is -0.335. The molecule has 1 amide bonds. The van der Waals surface area contributed by atoms with Gasteiger partial charge in [0.15, 0.2) is 0 Å². The lowest BCUT2D eigenvalue weighted by molar-refractivity contribution is 0.0927. The molecule has 0 saturated heterocycles. The highest BCUT2D eigenvalue weighted by atomic mass is 35.5. The van der Waals surface area contributed by atoms with Crippen LogP contribution in [0.5, 0.6) is 0 Å². The molecule has 19 heavy (non-hydrogen) atoms. The number of carbonyl (C=O) groups excluding carboxylic acids is 1. The Morgan fingerprint density at radius 3 is 2.79 bits per heavy atom. The SMILES string of the molecule is C=C(C)COCCNC(=O)c1cc(N)cc(Cl)c1Cl. The van der Waals surface area contributed by atoms with E-state index >= 15 is 0 Å². The molecular weight excluding hydrogens is 287 g/mol. The fraction of sp³-hybridized carbons (Fsp3) is 0.308. The Bertz CT molecular complexity index is 490. The van der Waals surface area contributed by atoms with Crippen molar-refractivity contribution in [3.63, 3.8) is 0 Å². The van der Waals surface area contributed by atoms with Crippen molar-refractivity contribution in [3.8, 4) is 0 Å². The summed E-state index contributed by atoms with van der Waals surface area (Å²) in [6, 6.07) is 2.98. The van der Waals surface area contributed by atoms with Gasteiger partial charge in [0.05, 0.1) is 28.8 Å². The second-order valence-corrected chi connectivity index (χ2v) is 4.92. The molecule has 0 atom stereocenters. The first kappa shape index (κ1) is 15.8. The van der Waals surface area contributed by atoms with Gasteiger partial charge in [0.25, 0.3) is 5.91 Å². The van der Waals surface area contributed by atoms with Crippen molar-refractivity contribution in [2.45, 2.75) is 6.92 Å². The van der Waals surface area contributed by atoms with E-state index in [-0.39, 0.29) is 21.5 Å². The molecule has 6 heteroatoms. The topological polar surface area (TPSA) is 64.3 Å². The zero-order chi connectivity index (χ0) is 14.4. The van der Waals surface area contributed by atoms with Crippen LogP contribution in [-0.4, -0.2) is 25.7 Å². The van der Waals surface area contributed by atoms with Crippen LogP contribution in [0.15, 0.2) is 24.3 Å². The van der Waals surface area contributed by atoms with Crippen molar-refractivity contribution < 1.29 is 9.53 Å². The molecule has 104 valence electrons. The first-order valence-corrected chi connectivity index (χ1v) is 6.42. The normalized spacial score (nSPS) is 10.3. The van der Waals surface area contributed by atoms with Crippen molar-refractivity contribution in [2.75, 3.05) is 25.5 Å². The van der Waals surface area contributed by atoms with Crippen molar-refractivity contribution in [2.24, 2.45) is 0 Å². The van der Waals surface area contributed by atoms with Gasteiger partial charge in [-0.25, -0.2) is 0 Å². The van der Waals surface area contributed by atoms with Crippen LogP contribution in [0.25, 0.3) is 0 Å². The van der Waals surface area contributed by atoms with E-state index in [9.17, 15) is 4.79 Å². The summed E-state index contributed by atoms with van der Waals surface area (Å²) in [6.45, 7) is 6.81. The average Bonchev–Trinajstić information content (AvgIpc) is 2.32. The molecule has 0 heterocycles. The summed E-state index contributed by atoms with van der Waals surface area (Å²) in [6.07, 6.45) is 0. The van der Waals surface area contributed by atoms with Crippen LogP contribution in [0.2, 0.25) is 10.0 Å². The smallest absolute Gasteiger partial charge is 0.253 e. The molecule has 4 nitrogen and oxygen atoms in total. The van der Waals surface area contributed by atoms with E-state index in [1.54, 1.807) is 0 Å². The largest absolute Gasteiger partial charge is 0.399 e. The number of nitrogens with two attached hydrogens (primary N) is 1. The zero-order valence-electron chi connectivity index (χ0n) is 10.6.